The highest BCUT2D eigenvalue weighted by molar-refractivity contribution is 7.94. The number of carbonyl (C=O) groups is 1. The van der Waals surface area contributed by atoms with Gasteiger partial charge in [0.1, 0.15) is 0 Å². The maximum absolute atomic E-state index is 12.1. The normalized spacial score (nSPS) is 22.6. The average Bonchev–Trinajstić information content (AvgIpc) is 2.61. The van der Waals surface area contributed by atoms with Gasteiger partial charge in [0.05, 0.1) is 17.2 Å². The summed E-state index contributed by atoms with van der Waals surface area (Å²) in [6, 6.07) is -0.420. The van der Waals surface area contributed by atoms with Crippen molar-refractivity contribution in [3.63, 3.8) is 0 Å². The fourth-order valence-corrected chi connectivity index (χ4v) is 3.17. The molecule has 1 aliphatic rings. The summed E-state index contributed by atoms with van der Waals surface area (Å²) in [7, 11) is -3.13. The fourth-order valence-electron chi connectivity index (χ4n) is 1.94. The quantitative estimate of drug-likeness (QED) is 0.738. The first kappa shape index (κ1) is 14.2. The summed E-state index contributed by atoms with van der Waals surface area (Å²) < 4.78 is 22.4. The van der Waals surface area contributed by atoms with Gasteiger partial charge in [0.15, 0.2) is 9.84 Å². The Labute approximate surface area is 102 Å². The van der Waals surface area contributed by atoms with Crippen molar-refractivity contribution in [3.05, 3.63) is 11.5 Å². The molecule has 0 aliphatic carbocycles. The third-order valence-electron chi connectivity index (χ3n) is 3.47. The Hall–Kier alpha value is -0.880. The van der Waals surface area contributed by atoms with E-state index in [9.17, 15) is 13.2 Å². The Morgan fingerprint density at radius 1 is 1.47 bits per heavy atom. The van der Waals surface area contributed by atoms with Gasteiger partial charge in [0.25, 0.3) is 0 Å². The van der Waals surface area contributed by atoms with E-state index in [4.69, 9.17) is 5.73 Å². The Balaban J connectivity index is 2.70. The zero-order valence-electron chi connectivity index (χ0n) is 10.3. The lowest BCUT2D eigenvalue weighted by Crippen LogP contribution is -2.49. The molecule has 0 spiro atoms. The highest BCUT2D eigenvalue weighted by Gasteiger charge is 2.35. The van der Waals surface area contributed by atoms with Crippen LogP contribution in [0, 0.1) is 5.41 Å². The molecular weight excluding hydrogens is 240 g/mol. The SMILES string of the molecule is CCC(CC)(CN)C(=O)NC1C=CS(=O)(=O)C1. The minimum atomic E-state index is -3.13. The van der Waals surface area contributed by atoms with Gasteiger partial charge < -0.3 is 11.1 Å². The Morgan fingerprint density at radius 2 is 2.06 bits per heavy atom. The molecule has 0 aromatic carbocycles. The van der Waals surface area contributed by atoms with Crippen LogP contribution < -0.4 is 11.1 Å². The number of carbonyl (C=O) groups excluding carboxylic acids is 1. The Bertz CT molecular complexity index is 402. The van der Waals surface area contributed by atoms with Gasteiger partial charge in [0.2, 0.25) is 5.91 Å². The van der Waals surface area contributed by atoms with Gasteiger partial charge in [0, 0.05) is 12.0 Å². The molecular formula is C11H20N2O3S. The van der Waals surface area contributed by atoms with Crippen LogP contribution in [-0.2, 0) is 14.6 Å². The molecule has 5 nitrogen and oxygen atoms in total. The van der Waals surface area contributed by atoms with E-state index in [-0.39, 0.29) is 18.2 Å². The van der Waals surface area contributed by atoms with E-state index in [2.05, 4.69) is 5.32 Å². The van der Waals surface area contributed by atoms with Crippen molar-refractivity contribution in [1.29, 1.82) is 0 Å². The van der Waals surface area contributed by atoms with Crippen LogP contribution in [0.4, 0.5) is 0 Å². The van der Waals surface area contributed by atoms with Gasteiger partial charge >= 0.3 is 0 Å². The lowest BCUT2D eigenvalue weighted by atomic mass is 9.81. The molecule has 1 amide bonds. The molecule has 0 saturated heterocycles. The largest absolute Gasteiger partial charge is 0.348 e. The molecule has 0 aromatic rings. The van der Waals surface area contributed by atoms with Crippen molar-refractivity contribution >= 4 is 15.7 Å². The summed E-state index contributed by atoms with van der Waals surface area (Å²) in [6.45, 7) is 4.10. The van der Waals surface area contributed by atoms with Crippen LogP contribution in [0.1, 0.15) is 26.7 Å². The zero-order chi connectivity index (χ0) is 13.1. The summed E-state index contributed by atoms with van der Waals surface area (Å²) in [5, 5.41) is 3.90. The van der Waals surface area contributed by atoms with Crippen LogP contribution in [0.2, 0.25) is 0 Å². The first-order valence-corrected chi connectivity index (χ1v) is 7.52. The Morgan fingerprint density at radius 3 is 2.41 bits per heavy atom. The van der Waals surface area contributed by atoms with Gasteiger partial charge in [-0.05, 0) is 18.9 Å². The van der Waals surface area contributed by atoms with Crippen molar-refractivity contribution in [2.75, 3.05) is 12.3 Å². The number of hydrogen-bond acceptors (Lipinski definition) is 4. The van der Waals surface area contributed by atoms with Gasteiger partial charge in [-0.15, -0.1) is 0 Å². The van der Waals surface area contributed by atoms with Crippen LogP contribution in [-0.4, -0.2) is 32.7 Å². The summed E-state index contributed by atoms with van der Waals surface area (Å²) >= 11 is 0. The van der Waals surface area contributed by atoms with E-state index < -0.39 is 21.3 Å². The molecule has 1 heterocycles. The lowest BCUT2D eigenvalue weighted by Gasteiger charge is -2.29. The molecule has 98 valence electrons. The third kappa shape index (κ3) is 3.07. The molecule has 0 fully saturated rings. The predicted octanol–water partition coefficient (Wildman–Crippen LogP) is 0.178. The summed E-state index contributed by atoms with van der Waals surface area (Å²) in [5.74, 6) is -0.205. The van der Waals surface area contributed by atoms with E-state index in [0.29, 0.717) is 12.8 Å². The number of sulfone groups is 1. The molecule has 1 aliphatic heterocycles. The third-order valence-corrected chi connectivity index (χ3v) is 4.87. The van der Waals surface area contributed by atoms with E-state index in [1.165, 1.54) is 6.08 Å². The highest BCUT2D eigenvalue weighted by atomic mass is 32.2. The van der Waals surface area contributed by atoms with Crippen LogP contribution in [0.15, 0.2) is 11.5 Å². The minimum Gasteiger partial charge on any atom is -0.348 e. The number of amides is 1. The summed E-state index contributed by atoms with van der Waals surface area (Å²) in [6.07, 6.45) is 2.81. The van der Waals surface area contributed by atoms with Gasteiger partial charge in [-0.1, -0.05) is 13.8 Å². The number of hydrogen-bond donors (Lipinski definition) is 2. The Kier molecular flexibility index (Phi) is 4.32. The second kappa shape index (κ2) is 5.18. The van der Waals surface area contributed by atoms with E-state index >= 15 is 0 Å². The predicted molar refractivity (Wildman–Crippen MR) is 66.9 cm³/mol. The summed E-state index contributed by atoms with van der Waals surface area (Å²) in [5.41, 5.74) is 5.08. The number of nitrogens with one attached hydrogen (secondary N) is 1. The fraction of sp³-hybridized carbons (Fsp3) is 0.727. The molecule has 0 bridgehead atoms. The van der Waals surface area contributed by atoms with Crippen LogP contribution in [0.3, 0.4) is 0 Å². The van der Waals surface area contributed by atoms with E-state index in [1.807, 2.05) is 13.8 Å². The minimum absolute atomic E-state index is 0.0488. The topological polar surface area (TPSA) is 89.3 Å². The first-order chi connectivity index (χ1) is 7.89. The number of nitrogens with two attached hydrogens (primary N) is 1. The van der Waals surface area contributed by atoms with Crippen molar-refractivity contribution in [3.8, 4) is 0 Å². The molecule has 0 aromatic heterocycles. The average molecular weight is 260 g/mol. The zero-order valence-corrected chi connectivity index (χ0v) is 11.1. The molecule has 17 heavy (non-hydrogen) atoms. The summed E-state index contributed by atoms with van der Waals surface area (Å²) in [4.78, 5) is 12.1. The first-order valence-electron chi connectivity index (χ1n) is 5.81. The smallest absolute Gasteiger partial charge is 0.227 e. The molecule has 3 N–H and O–H groups in total. The molecule has 0 saturated carbocycles. The maximum Gasteiger partial charge on any atom is 0.227 e. The lowest BCUT2D eigenvalue weighted by molar-refractivity contribution is -0.131. The molecule has 1 rings (SSSR count). The second-order valence-corrected chi connectivity index (χ2v) is 6.36. The monoisotopic (exact) mass is 260 g/mol. The molecule has 0 radical (unpaired) electrons. The van der Waals surface area contributed by atoms with E-state index in [1.54, 1.807) is 0 Å². The van der Waals surface area contributed by atoms with Gasteiger partial charge in [-0.3, -0.25) is 4.79 Å². The molecule has 6 heteroatoms. The molecule has 1 unspecified atom stereocenters. The standard InChI is InChI=1S/C11H20N2O3S/c1-3-11(4-2,8-12)10(14)13-9-5-6-17(15,16)7-9/h5-6,9H,3-4,7-8,12H2,1-2H3,(H,13,14). The van der Waals surface area contributed by atoms with Crippen LogP contribution in [0.5, 0.6) is 0 Å². The van der Waals surface area contributed by atoms with E-state index in [0.717, 1.165) is 5.41 Å². The maximum atomic E-state index is 12.1. The van der Waals surface area contributed by atoms with Gasteiger partial charge in [-0.2, -0.15) is 0 Å². The number of rotatable bonds is 5. The molecule has 1 atom stereocenters. The van der Waals surface area contributed by atoms with Crippen molar-refractivity contribution in [2.24, 2.45) is 11.1 Å². The van der Waals surface area contributed by atoms with Crippen LogP contribution in [0.25, 0.3) is 0 Å². The van der Waals surface area contributed by atoms with Crippen molar-refractivity contribution in [1.82, 2.24) is 5.32 Å². The highest BCUT2D eigenvalue weighted by Crippen LogP contribution is 2.25. The van der Waals surface area contributed by atoms with Crippen molar-refractivity contribution in [2.45, 2.75) is 32.7 Å². The van der Waals surface area contributed by atoms with Crippen LogP contribution >= 0.6 is 0 Å². The van der Waals surface area contributed by atoms with Crippen molar-refractivity contribution < 1.29 is 13.2 Å². The van der Waals surface area contributed by atoms with Gasteiger partial charge in [-0.25, -0.2) is 8.42 Å². The second-order valence-electron chi connectivity index (χ2n) is 4.43.